The highest BCUT2D eigenvalue weighted by Gasteiger charge is 2.47. The van der Waals surface area contributed by atoms with E-state index in [4.69, 9.17) is 4.43 Å². The average molecular weight is 385 g/mol. The molecule has 1 fully saturated rings. The van der Waals surface area contributed by atoms with E-state index < -0.39 is 20.1 Å². The molecular weight excluding hydrogens is 357 g/mol. The van der Waals surface area contributed by atoms with E-state index in [1.807, 2.05) is 0 Å². The second kappa shape index (κ2) is 6.19. The van der Waals surface area contributed by atoms with Crippen LogP contribution in [0.25, 0.3) is 0 Å². The van der Waals surface area contributed by atoms with Gasteiger partial charge >= 0.3 is 6.18 Å². The van der Waals surface area contributed by atoms with E-state index in [-0.39, 0.29) is 28.8 Å². The maximum atomic E-state index is 13.0. The molecule has 3 rings (SSSR count). The normalized spacial score (nSPS) is 26.6. The fraction of sp³-hybridized carbons (Fsp3) is 0.650. The summed E-state index contributed by atoms with van der Waals surface area (Å²) in [4.78, 5) is 12.8. The highest BCUT2D eigenvalue weighted by Crippen LogP contribution is 2.49. The Bertz CT molecular complexity index is 719. The molecule has 0 bridgehead atoms. The zero-order chi connectivity index (χ0) is 19.5. The molecule has 144 valence electrons. The summed E-state index contributed by atoms with van der Waals surface area (Å²) in [5, 5.41) is 0.0914. The Kier molecular flexibility index (Phi) is 4.67. The van der Waals surface area contributed by atoms with Gasteiger partial charge < -0.3 is 4.43 Å². The van der Waals surface area contributed by atoms with E-state index in [1.54, 1.807) is 0 Å². The molecule has 0 heterocycles. The largest absolute Gasteiger partial charge is 0.416 e. The number of hydrogen-bond acceptors (Lipinski definition) is 2. The van der Waals surface area contributed by atoms with E-state index in [0.717, 1.165) is 12.5 Å². The Hall–Kier alpha value is -1.14. The van der Waals surface area contributed by atoms with E-state index in [0.29, 0.717) is 24.0 Å². The number of alkyl halides is 3. The molecule has 3 unspecified atom stereocenters. The van der Waals surface area contributed by atoms with Gasteiger partial charge in [-0.05, 0) is 61.0 Å². The van der Waals surface area contributed by atoms with Crippen LogP contribution in [0.3, 0.4) is 0 Å². The first-order chi connectivity index (χ1) is 11.8. The minimum Gasteiger partial charge on any atom is -0.414 e. The van der Waals surface area contributed by atoms with Crippen LogP contribution in [0.2, 0.25) is 18.1 Å². The van der Waals surface area contributed by atoms with Gasteiger partial charge in [0.25, 0.3) is 0 Å². The van der Waals surface area contributed by atoms with Gasteiger partial charge in [-0.3, -0.25) is 4.79 Å². The Morgan fingerprint density at radius 1 is 1.08 bits per heavy atom. The molecule has 2 aliphatic carbocycles. The zero-order valence-corrected chi connectivity index (χ0v) is 17.0. The van der Waals surface area contributed by atoms with Gasteiger partial charge in [0, 0.05) is 17.6 Å². The standard InChI is InChI=1S/C20H27F3O2Si/c1-19(2,3)26(4,5)25-13-7-9-14-16-10-12(20(21,22)23)6-8-15(16)18(24)17(14)11-13/h6,8,10,13-14,17H,7,9,11H2,1-5H3. The average Bonchev–Trinajstić information content (AvgIpc) is 2.77. The molecule has 0 spiro atoms. The van der Waals surface area contributed by atoms with Crippen molar-refractivity contribution < 1.29 is 22.4 Å². The van der Waals surface area contributed by atoms with Crippen molar-refractivity contribution in [2.24, 2.45) is 5.92 Å². The first-order valence-electron chi connectivity index (χ1n) is 9.24. The summed E-state index contributed by atoms with van der Waals surface area (Å²) in [6.07, 6.45) is -2.22. The Balaban J connectivity index is 1.81. The molecular formula is C20H27F3O2Si. The predicted octanol–water partition coefficient (Wildman–Crippen LogP) is 6.18. The first-order valence-corrected chi connectivity index (χ1v) is 12.2. The summed E-state index contributed by atoms with van der Waals surface area (Å²) < 4.78 is 45.6. The van der Waals surface area contributed by atoms with Crippen LogP contribution in [0.4, 0.5) is 13.2 Å². The number of carbonyl (C=O) groups excluding carboxylic acids is 1. The fourth-order valence-corrected chi connectivity index (χ4v) is 5.37. The van der Waals surface area contributed by atoms with Gasteiger partial charge in [0.2, 0.25) is 0 Å². The summed E-state index contributed by atoms with van der Waals surface area (Å²) in [5.41, 5.74) is 0.394. The van der Waals surface area contributed by atoms with E-state index in [2.05, 4.69) is 33.9 Å². The number of ketones is 1. The number of hydrogen-bond donors (Lipinski definition) is 0. The minimum absolute atomic E-state index is 0.0118. The third-order valence-corrected chi connectivity index (χ3v) is 11.0. The highest BCUT2D eigenvalue weighted by molar-refractivity contribution is 6.74. The molecule has 1 saturated carbocycles. The molecule has 0 aromatic heterocycles. The number of fused-ring (bicyclic) bond motifs is 3. The lowest BCUT2D eigenvalue weighted by Crippen LogP contribution is -2.45. The number of rotatable bonds is 2. The van der Waals surface area contributed by atoms with Gasteiger partial charge in [-0.2, -0.15) is 13.2 Å². The molecule has 3 atom stereocenters. The van der Waals surface area contributed by atoms with Gasteiger partial charge in [0.15, 0.2) is 14.1 Å². The topological polar surface area (TPSA) is 26.3 Å². The van der Waals surface area contributed by atoms with Crippen LogP contribution in [0.15, 0.2) is 18.2 Å². The number of Topliss-reactive ketones (excluding diaryl/α,β-unsaturated/α-hetero) is 1. The second-order valence-electron chi connectivity index (χ2n) is 9.19. The SMILES string of the molecule is CC(C)(C)[Si](C)(C)OC1CCC2c3cc(C(F)(F)F)ccc3C(=O)C2C1. The molecule has 0 N–H and O–H groups in total. The summed E-state index contributed by atoms with van der Waals surface area (Å²) in [6.45, 7) is 10.9. The molecule has 0 radical (unpaired) electrons. The number of carbonyl (C=O) groups is 1. The second-order valence-corrected chi connectivity index (χ2v) is 13.9. The Labute approximate surface area is 154 Å². The maximum Gasteiger partial charge on any atom is 0.416 e. The van der Waals surface area contributed by atoms with Crippen molar-refractivity contribution in [1.82, 2.24) is 0 Å². The number of halogens is 3. The quantitative estimate of drug-likeness (QED) is 0.570. The summed E-state index contributed by atoms with van der Waals surface area (Å²) >= 11 is 0. The number of benzene rings is 1. The van der Waals surface area contributed by atoms with Gasteiger partial charge in [0.1, 0.15) is 0 Å². The Morgan fingerprint density at radius 3 is 2.31 bits per heavy atom. The highest BCUT2D eigenvalue weighted by atomic mass is 28.4. The summed E-state index contributed by atoms with van der Waals surface area (Å²) in [5.74, 6) is -0.349. The van der Waals surface area contributed by atoms with Crippen molar-refractivity contribution in [3.63, 3.8) is 0 Å². The molecule has 0 aliphatic heterocycles. The third kappa shape index (κ3) is 3.38. The smallest absolute Gasteiger partial charge is 0.414 e. The molecule has 2 aliphatic rings. The lowest BCUT2D eigenvalue weighted by atomic mass is 9.78. The van der Waals surface area contributed by atoms with Crippen molar-refractivity contribution in [2.75, 3.05) is 0 Å². The first kappa shape index (κ1) is 19.6. The van der Waals surface area contributed by atoms with Crippen molar-refractivity contribution in [3.05, 3.63) is 34.9 Å². The lowest BCUT2D eigenvalue weighted by Gasteiger charge is -2.42. The summed E-state index contributed by atoms with van der Waals surface area (Å²) in [7, 11) is -1.93. The van der Waals surface area contributed by atoms with Gasteiger partial charge in [-0.1, -0.05) is 26.8 Å². The van der Waals surface area contributed by atoms with E-state index in [9.17, 15) is 18.0 Å². The van der Waals surface area contributed by atoms with Crippen molar-refractivity contribution in [3.8, 4) is 0 Å². The molecule has 0 amide bonds. The molecule has 26 heavy (non-hydrogen) atoms. The van der Waals surface area contributed by atoms with Crippen molar-refractivity contribution in [2.45, 2.75) is 76.4 Å². The molecule has 1 aromatic carbocycles. The third-order valence-electron chi connectivity index (χ3n) is 6.45. The predicted molar refractivity (Wildman–Crippen MR) is 97.9 cm³/mol. The van der Waals surface area contributed by atoms with Crippen LogP contribution in [0.1, 0.15) is 67.4 Å². The van der Waals surface area contributed by atoms with Crippen LogP contribution in [0, 0.1) is 5.92 Å². The van der Waals surface area contributed by atoms with Crippen molar-refractivity contribution >= 4 is 14.1 Å². The van der Waals surface area contributed by atoms with Crippen LogP contribution in [0.5, 0.6) is 0 Å². The maximum absolute atomic E-state index is 13.0. The lowest BCUT2D eigenvalue weighted by molar-refractivity contribution is -0.137. The van der Waals surface area contributed by atoms with Crippen LogP contribution < -0.4 is 0 Å². The van der Waals surface area contributed by atoms with Crippen molar-refractivity contribution in [1.29, 1.82) is 0 Å². The fourth-order valence-electron chi connectivity index (χ4n) is 3.96. The molecule has 6 heteroatoms. The minimum atomic E-state index is -4.38. The molecule has 2 nitrogen and oxygen atoms in total. The van der Waals surface area contributed by atoms with E-state index >= 15 is 0 Å². The van der Waals surface area contributed by atoms with Crippen LogP contribution in [-0.4, -0.2) is 20.2 Å². The van der Waals surface area contributed by atoms with Gasteiger partial charge in [0.05, 0.1) is 5.56 Å². The Morgan fingerprint density at radius 2 is 1.73 bits per heavy atom. The van der Waals surface area contributed by atoms with Crippen LogP contribution >= 0.6 is 0 Å². The molecule has 1 aromatic rings. The summed E-state index contributed by atoms with van der Waals surface area (Å²) in [6, 6.07) is 3.58. The van der Waals surface area contributed by atoms with Gasteiger partial charge in [-0.15, -0.1) is 0 Å². The monoisotopic (exact) mass is 384 g/mol. The van der Waals surface area contributed by atoms with Gasteiger partial charge in [-0.25, -0.2) is 0 Å². The van der Waals surface area contributed by atoms with Crippen LogP contribution in [-0.2, 0) is 10.6 Å². The molecule has 0 saturated heterocycles. The zero-order valence-electron chi connectivity index (χ0n) is 16.0. The van der Waals surface area contributed by atoms with E-state index in [1.165, 1.54) is 12.1 Å².